The van der Waals surface area contributed by atoms with Crippen LogP contribution in [0.15, 0.2) is 36.0 Å². The second-order valence-corrected chi connectivity index (χ2v) is 3.01. The number of carbonyl (C=O) groups is 2. The Morgan fingerprint density at radius 2 is 1.87 bits per heavy atom. The topological polar surface area (TPSA) is 72.2 Å². The van der Waals surface area contributed by atoms with Gasteiger partial charge in [-0.1, -0.05) is 30.3 Å². The molecular weight excluding hydrogens is 192 g/mol. The largest absolute Gasteiger partial charge is 0.364 e. The Labute approximate surface area is 87.8 Å². The zero-order chi connectivity index (χ0) is 11.3. The molecule has 0 radical (unpaired) electrons. The molecule has 1 rings (SSSR count). The molecular formula is C11H12N2O2. The van der Waals surface area contributed by atoms with Crippen LogP contribution in [0.3, 0.4) is 0 Å². The van der Waals surface area contributed by atoms with Crippen molar-refractivity contribution in [2.75, 3.05) is 0 Å². The summed E-state index contributed by atoms with van der Waals surface area (Å²) >= 11 is 0. The quantitative estimate of drug-likeness (QED) is 0.709. The zero-order valence-electron chi connectivity index (χ0n) is 8.36. The summed E-state index contributed by atoms with van der Waals surface area (Å²) in [7, 11) is 0. The number of primary amides is 1. The highest BCUT2D eigenvalue weighted by atomic mass is 16.2. The van der Waals surface area contributed by atoms with E-state index in [2.05, 4.69) is 5.32 Å². The zero-order valence-corrected chi connectivity index (χ0v) is 8.36. The number of benzene rings is 1. The predicted octanol–water partition coefficient (Wildman–Crippen LogP) is 0.649. The maximum atomic E-state index is 11.0. The Kier molecular flexibility index (Phi) is 3.62. The molecule has 0 fully saturated rings. The van der Waals surface area contributed by atoms with Crippen LogP contribution in [0.1, 0.15) is 12.5 Å². The van der Waals surface area contributed by atoms with Crippen LogP contribution in [0.5, 0.6) is 0 Å². The van der Waals surface area contributed by atoms with Crippen molar-refractivity contribution in [1.29, 1.82) is 0 Å². The minimum Gasteiger partial charge on any atom is -0.364 e. The molecule has 0 aliphatic heterocycles. The van der Waals surface area contributed by atoms with E-state index in [0.717, 1.165) is 5.56 Å². The molecule has 4 nitrogen and oxygen atoms in total. The Morgan fingerprint density at radius 1 is 1.27 bits per heavy atom. The highest BCUT2D eigenvalue weighted by molar-refractivity contribution is 5.99. The third-order valence-corrected chi connectivity index (χ3v) is 1.69. The summed E-state index contributed by atoms with van der Waals surface area (Å²) in [6, 6.07) is 9.14. The lowest BCUT2D eigenvalue weighted by Crippen LogP contribution is -2.29. The number of amides is 2. The first kappa shape index (κ1) is 11.0. The first-order valence-corrected chi connectivity index (χ1v) is 4.43. The van der Waals surface area contributed by atoms with Gasteiger partial charge in [0.15, 0.2) is 0 Å². The van der Waals surface area contributed by atoms with E-state index >= 15 is 0 Å². The SMILES string of the molecule is CC(=O)NC(=Cc1ccccc1)C(N)=O. The van der Waals surface area contributed by atoms with Gasteiger partial charge in [-0.25, -0.2) is 0 Å². The van der Waals surface area contributed by atoms with Crippen LogP contribution in [-0.4, -0.2) is 11.8 Å². The average molecular weight is 204 g/mol. The number of hydrogen-bond acceptors (Lipinski definition) is 2. The Balaban J connectivity index is 2.94. The average Bonchev–Trinajstić information content (AvgIpc) is 2.17. The van der Waals surface area contributed by atoms with E-state index in [1.807, 2.05) is 30.3 Å². The third kappa shape index (κ3) is 3.64. The van der Waals surface area contributed by atoms with E-state index in [9.17, 15) is 9.59 Å². The van der Waals surface area contributed by atoms with Crippen molar-refractivity contribution >= 4 is 17.9 Å². The van der Waals surface area contributed by atoms with Crippen molar-refractivity contribution < 1.29 is 9.59 Å². The first-order chi connectivity index (χ1) is 7.09. The Morgan fingerprint density at radius 3 is 2.33 bits per heavy atom. The summed E-state index contributed by atoms with van der Waals surface area (Å²) in [5.41, 5.74) is 6.01. The lowest BCUT2D eigenvalue weighted by molar-refractivity contribution is -0.121. The molecule has 0 aliphatic rings. The summed E-state index contributed by atoms with van der Waals surface area (Å²) in [6.45, 7) is 1.32. The molecule has 0 atom stereocenters. The van der Waals surface area contributed by atoms with Gasteiger partial charge >= 0.3 is 0 Å². The van der Waals surface area contributed by atoms with Gasteiger partial charge in [0, 0.05) is 6.92 Å². The van der Waals surface area contributed by atoms with Crippen LogP contribution in [0.25, 0.3) is 6.08 Å². The number of hydrogen-bond donors (Lipinski definition) is 2. The van der Waals surface area contributed by atoms with Gasteiger partial charge in [0.25, 0.3) is 5.91 Å². The Hall–Kier alpha value is -2.10. The second kappa shape index (κ2) is 4.95. The summed E-state index contributed by atoms with van der Waals surface area (Å²) in [4.78, 5) is 21.8. The number of nitrogens with one attached hydrogen (secondary N) is 1. The fourth-order valence-corrected chi connectivity index (χ4v) is 1.07. The molecule has 2 amide bonds. The van der Waals surface area contributed by atoms with Crippen molar-refractivity contribution in [3.05, 3.63) is 41.6 Å². The third-order valence-electron chi connectivity index (χ3n) is 1.69. The summed E-state index contributed by atoms with van der Waals surface area (Å²) in [5.74, 6) is -0.981. The molecule has 3 N–H and O–H groups in total. The maximum Gasteiger partial charge on any atom is 0.265 e. The minimum atomic E-state index is -0.658. The van der Waals surface area contributed by atoms with Gasteiger partial charge in [0.2, 0.25) is 5.91 Å². The van der Waals surface area contributed by atoms with Crippen molar-refractivity contribution in [1.82, 2.24) is 5.32 Å². The summed E-state index contributed by atoms with van der Waals surface area (Å²) in [6.07, 6.45) is 1.53. The first-order valence-electron chi connectivity index (χ1n) is 4.43. The highest BCUT2D eigenvalue weighted by Crippen LogP contribution is 2.04. The molecule has 0 unspecified atom stereocenters. The molecule has 0 saturated heterocycles. The van der Waals surface area contributed by atoms with E-state index in [1.54, 1.807) is 0 Å². The second-order valence-electron chi connectivity index (χ2n) is 3.01. The van der Waals surface area contributed by atoms with E-state index in [-0.39, 0.29) is 11.6 Å². The van der Waals surface area contributed by atoms with Gasteiger partial charge in [0.1, 0.15) is 5.70 Å². The van der Waals surface area contributed by atoms with E-state index in [4.69, 9.17) is 5.73 Å². The van der Waals surface area contributed by atoms with Gasteiger partial charge in [-0.15, -0.1) is 0 Å². The molecule has 4 heteroatoms. The van der Waals surface area contributed by atoms with Crippen LogP contribution < -0.4 is 11.1 Å². The van der Waals surface area contributed by atoms with Crippen LogP contribution in [0.2, 0.25) is 0 Å². The van der Waals surface area contributed by atoms with E-state index in [0.29, 0.717) is 0 Å². The van der Waals surface area contributed by atoms with Crippen molar-refractivity contribution in [3.63, 3.8) is 0 Å². The van der Waals surface area contributed by atoms with Gasteiger partial charge < -0.3 is 11.1 Å². The molecule has 0 heterocycles. The lowest BCUT2D eigenvalue weighted by Gasteiger charge is -2.03. The molecule has 1 aromatic carbocycles. The standard InChI is InChI=1S/C11H12N2O2/c1-8(14)13-10(11(12)15)7-9-5-3-2-4-6-9/h2-7H,1H3,(H2,12,15)(H,13,14). The van der Waals surface area contributed by atoms with Crippen LogP contribution in [0, 0.1) is 0 Å². The molecule has 0 saturated carbocycles. The Bertz CT molecular complexity index is 396. The maximum absolute atomic E-state index is 11.0. The smallest absolute Gasteiger partial charge is 0.265 e. The minimum absolute atomic E-state index is 0.0914. The molecule has 0 aliphatic carbocycles. The fourth-order valence-electron chi connectivity index (χ4n) is 1.07. The van der Waals surface area contributed by atoms with Crippen molar-refractivity contribution in [2.45, 2.75) is 6.92 Å². The van der Waals surface area contributed by atoms with Crippen LogP contribution >= 0.6 is 0 Å². The van der Waals surface area contributed by atoms with Gasteiger partial charge in [-0.2, -0.15) is 0 Å². The molecule has 1 aromatic rings. The number of rotatable bonds is 3. The van der Waals surface area contributed by atoms with Crippen molar-refractivity contribution in [3.8, 4) is 0 Å². The lowest BCUT2D eigenvalue weighted by atomic mass is 10.2. The summed E-state index contributed by atoms with van der Waals surface area (Å²) in [5, 5.41) is 2.38. The molecule has 15 heavy (non-hydrogen) atoms. The van der Waals surface area contributed by atoms with Gasteiger partial charge in [-0.3, -0.25) is 9.59 Å². The van der Waals surface area contributed by atoms with Crippen molar-refractivity contribution in [2.24, 2.45) is 5.73 Å². The number of carbonyl (C=O) groups excluding carboxylic acids is 2. The molecule has 0 spiro atoms. The monoisotopic (exact) mass is 204 g/mol. The van der Waals surface area contributed by atoms with E-state index in [1.165, 1.54) is 13.0 Å². The molecule has 0 aromatic heterocycles. The van der Waals surface area contributed by atoms with Crippen LogP contribution in [-0.2, 0) is 9.59 Å². The fraction of sp³-hybridized carbons (Fsp3) is 0.0909. The van der Waals surface area contributed by atoms with Gasteiger partial charge in [0.05, 0.1) is 0 Å². The molecule has 78 valence electrons. The summed E-state index contributed by atoms with van der Waals surface area (Å²) < 4.78 is 0. The normalized spacial score (nSPS) is 10.9. The molecule has 0 bridgehead atoms. The predicted molar refractivity (Wildman–Crippen MR) is 57.4 cm³/mol. The highest BCUT2D eigenvalue weighted by Gasteiger charge is 2.05. The van der Waals surface area contributed by atoms with Gasteiger partial charge in [-0.05, 0) is 11.6 Å². The number of nitrogens with two attached hydrogens (primary N) is 1. The van der Waals surface area contributed by atoms with Crippen LogP contribution in [0.4, 0.5) is 0 Å². The van der Waals surface area contributed by atoms with E-state index < -0.39 is 5.91 Å².